The number of nitrogens with zero attached hydrogens (tertiary/aromatic N) is 2. The predicted octanol–water partition coefficient (Wildman–Crippen LogP) is 2.05. The van der Waals surface area contributed by atoms with Gasteiger partial charge in [-0.15, -0.1) is 0 Å². The van der Waals surface area contributed by atoms with Crippen molar-refractivity contribution in [3.63, 3.8) is 0 Å². The third-order valence-electron chi connectivity index (χ3n) is 4.49. The van der Waals surface area contributed by atoms with Crippen LogP contribution >= 0.6 is 11.6 Å². The number of aromatic amines is 1. The number of likely N-dealkylation sites (tertiary alicyclic amines) is 1. The summed E-state index contributed by atoms with van der Waals surface area (Å²) in [7, 11) is 2.09. The van der Waals surface area contributed by atoms with E-state index >= 15 is 0 Å². The Labute approximate surface area is 129 Å². The van der Waals surface area contributed by atoms with E-state index < -0.39 is 5.69 Å². The van der Waals surface area contributed by atoms with Gasteiger partial charge >= 0.3 is 5.69 Å². The molecule has 0 radical (unpaired) electrons. The van der Waals surface area contributed by atoms with E-state index in [0.717, 1.165) is 25.9 Å². The number of hydrogen-bond donors (Lipinski definition) is 1. The molecular formula is C15H24ClN3O2. The SMILES string of the molecule is CC(C)c1c(Cl)[nH]c(=O)n(CC2(C)CCN(C)CC2)c1=O. The van der Waals surface area contributed by atoms with Crippen molar-refractivity contribution in [3.8, 4) is 0 Å². The molecule has 5 nitrogen and oxygen atoms in total. The van der Waals surface area contributed by atoms with Gasteiger partial charge in [0.2, 0.25) is 0 Å². The van der Waals surface area contributed by atoms with Crippen molar-refractivity contribution in [1.29, 1.82) is 0 Å². The lowest BCUT2D eigenvalue weighted by Crippen LogP contribution is -2.45. The number of aromatic nitrogens is 2. The van der Waals surface area contributed by atoms with Crippen LogP contribution in [0.25, 0.3) is 0 Å². The zero-order chi connectivity index (χ0) is 15.8. The van der Waals surface area contributed by atoms with E-state index in [0.29, 0.717) is 12.1 Å². The van der Waals surface area contributed by atoms with E-state index in [4.69, 9.17) is 11.6 Å². The number of H-pyrrole nitrogens is 1. The lowest BCUT2D eigenvalue weighted by atomic mass is 9.80. The van der Waals surface area contributed by atoms with Gasteiger partial charge in [-0.3, -0.25) is 14.3 Å². The summed E-state index contributed by atoms with van der Waals surface area (Å²) in [6.45, 7) is 8.40. The third kappa shape index (κ3) is 3.40. The maximum atomic E-state index is 12.6. The van der Waals surface area contributed by atoms with E-state index in [-0.39, 0.29) is 22.0 Å². The number of halogens is 1. The Morgan fingerprint density at radius 2 is 1.86 bits per heavy atom. The molecular weight excluding hydrogens is 290 g/mol. The minimum Gasteiger partial charge on any atom is -0.306 e. The molecule has 1 fully saturated rings. The number of piperidine rings is 1. The Hall–Kier alpha value is -1.07. The molecule has 21 heavy (non-hydrogen) atoms. The van der Waals surface area contributed by atoms with Gasteiger partial charge in [0, 0.05) is 6.54 Å². The fourth-order valence-corrected chi connectivity index (χ4v) is 3.28. The normalized spacial score (nSPS) is 19.1. The van der Waals surface area contributed by atoms with Gasteiger partial charge in [-0.25, -0.2) is 4.79 Å². The highest BCUT2D eigenvalue weighted by Crippen LogP contribution is 2.31. The second-order valence-electron chi connectivity index (χ2n) is 6.82. The molecule has 0 spiro atoms. The average Bonchev–Trinajstić information content (AvgIpc) is 2.38. The monoisotopic (exact) mass is 313 g/mol. The highest BCUT2D eigenvalue weighted by Gasteiger charge is 2.31. The summed E-state index contributed by atoms with van der Waals surface area (Å²) in [5.74, 6) is -0.0154. The minimum atomic E-state index is -0.408. The summed E-state index contributed by atoms with van der Waals surface area (Å²) in [4.78, 5) is 29.6. The van der Waals surface area contributed by atoms with E-state index in [1.807, 2.05) is 13.8 Å². The molecule has 1 aromatic heterocycles. The standard InChI is InChI=1S/C15H24ClN3O2/c1-10(2)11-12(16)17-14(21)19(13(11)20)9-15(3)5-7-18(4)8-6-15/h10H,5-9H2,1-4H3,(H,17,21). The fourth-order valence-electron chi connectivity index (χ4n) is 2.90. The Morgan fingerprint density at radius 3 is 2.38 bits per heavy atom. The quantitative estimate of drug-likeness (QED) is 0.869. The zero-order valence-electron chi connectivity index (χ0n) is 13.2. The maximum Gasteiger partial charge on any atom is 0.329 e. The Bertz CT molecular complexity index is 625. The fraction of sp³-hybridized carbons (Fsp3) is 0.733. The van der Waals surface area contributed by atoms with Gasteiger partial charge in [0.15, 0.2) is 0 Å². The third-order valence-corrected chi connectivity index (χ3v) is 4.78. The van der Waals surface area contributed by atoms with E-state index in [9.17, 15) is 9.59 Å². The van der Waals surface area contributed by atoms with E-state index in [2.05, 4.69) is 23.9 Å². The number of rotatable bonds is 3. The molecule has 6 heteroatoms. The van der Waals surface area contributed by atoms with Gasteiger partial charge in [0.25, 0.3) is 5.56 Å². The molecule has 2 heterocycles. The van der Waals surface area contributed by atoms with Crippen molar-refractivity contribution < 1.29 is 0 Å². The van der Waals surface area contributed by atoms with Crippen molar-refractivity contribution in [1.82, 2.24) is 14.5 Å². The minimum absolute atomic E-state index is 0.0154. The second-order valence-corrected chi connectivity index (χ2v) is 7.20. The Balaban J connectivity index is 2.39. The molecule has 1 N–H and O–H groups in total. The molecule has 1 aliphatic rings. The number of hydrogen-bond acceptors (Lipinski definition) is 3. The van der Waals surface area contributed by atoms with Crippen LogP contribution in [-0.4, -0.2) is 34.6 Å². The van der Waals surface area contributed by atoms with Crippen LogP contribution in [-0.2, 0) is 6.54 Å². The number of nitrogens with one attached hydrogen (secondary N) is 1. The lowest BCUT2D eigenvalue weighted by molar-refractivity contribution is 0.118. The second kappa shape index (κ2) is 5.97. The van der Waals surface area contributed by atoms with Crippen molar-refractivity contribution in [2.45, 2.75) is 46.1 Å². The summed E-state index contributed by atoms with van der Waals surface area (Å²) in [5, 5.41) is 0.171. The van der Waals surface area contributed by atoms with Crippen LogP contribution < -0.4 is 11.2 Å². The highest BCUT2D eigenvalue weighted by molar-refractivity contribution is 6.30. The molecule has 1 aromatic rings. The van der Waals surface area contributed by atoms with Gasteiger partial charge in [0.05, 0.1) is 5.56 Å². The molecule has 1 saturated heterocycles. The first-order valence-corrected chi connectivity index (χ1v) is 7.82. The lowest BCUT2D eigenvalue weighted by Gasteiger charge is -2.38. The van der Waals surface area contributed by atoms with Gasteiger partial charge in [0.1, 0.15) is 5.15 Å². The molecule has 0 aliphatic carbocycles. The van der Waals surface area contributed by atoms with Crippen LogP contribution in [0.1, 0.15) is 45.1 Å². The topological polar surface area (TPSA) is 58.1 Å². The molecule has 0 unspecified atom stereocenters. The molecule has 118 valence electrons. The van der Waals surface area contributed by atoms with Gasteiger partial charge in [-0.05, 0) is 44.3 Å². The molecule has 0 saturated carbocycles. The van der Waals surface area contributed by atoms with Crippen molar-refractivity contribution in [3.05, 3.63) is 31.6 Å². The van der Waals surface area contributed by atoms with E-state index in [1.54, 1.807) is 0 Å². The van der Waals surface area contributed by atoms with Crippen LogP contribution in [0.15, 0.2) is 9.59 Å². The first-order chi connectivity index (χ1) is 9.73. The summed E-state index contributed by atoms with van der Waals surface area (Å²) in [5.41, 5.74) is -0.188. The summed E-state index contributed by atoms with van der Waals surface area (Å²) < 4.78 is 1.33. The van der Waals surface area contributed by atoms with Crippen LogP contribution in [0.2, 0.25) is 5.15 Å². The first kappa shape index (κ1) is 16.3. The Morgan fingerprint density at radius 1 is 1.29 bits per heavy atom. The largest absolute Gasteiger partial charge is 0.329 e. The maximum absolute atomic E-state index is 12.6. The summed E-state index contributed by atoms with van der Waals surface area (Å²) in [6, 6.07) is 0. The zero-order valence-corrected chi connectivity index (χ0v) is 14.0. The Kier molecular flexibility index (Phi) is 4.63. The van der Waals surface area contributed by atoms with Crippen LogP contribution in [0.4, 0.5) is 0 Å². The van der Waals surface area contributed by atoms with Crippen LogP contribution in [0.3, 0.4) is 0 Å². The molecule has 1 aliphatic heterocycles. The van der Waals surface area contributed by atoms with Crippen molar-refractivity contribution >= 4 is 11.6 Å². The highest BCUT2D eigenvalue weighted by atomic mass is 35.5. The molecule has 0 amide bonds. The van der Waals surface area contributed by atoms with Gasteiger partial charge < -0.3 is 4.90 Å². The van der Waals surface area contributed by atoms with Crippen molar-refractivity contribution in [2.24, 2.45) is 5.41 Å². The molecule has 2 rings (SSSR count). The van der Waals surface area contributed by atoms with Gasteiger partial charge in [-0.2, -0.15) is 0 Å². The van der Waals surface area contributed by atoms with Crippen LogP contribution in [0, 0.1) is 5.41 Å². The molecule has 0 atom stereocenters. The molecule has 0 bridgehead atoms. The smallest absolute Gasteiger partial charge is 0.306 e. The van der Waals surface area contributed by atoms with Crippen molar-refractivity contribution in [2.75, 3.05) is 20.1 Å². The summed E-state index contributed by atoms with van der Waals surface area (Å²) >= 11 is 6.02. The van der Waals surface area contributed by atoms with Gasteiger partial charge in [-0.1, -0.05) is 32.4 Å². The molecule has 0 aromatic carbocycles. The van der Waals surface area contributed by atoms with Crippen LogP contribution in [0.5, 0.6) is 0 Å². The first-order valence-electron chi connectivity index (χ1n) is 7.44. The average molecular weight is 314 g/mol. The predicted molar refractivity (Wildman–Crippen MR) is 85.3 cm³/mol. The summed E-state index contributed by atoms with van der Waals surface area (Å²) in [6.07, 6.45) is 1.96. The van der Waals surface area contributed by atoms with E-state index in [1.165, 1.54) is 4.57 Å².